The number of nitrogens with one attached hydrogen (secondary N) is 2. The van der Waals surface area contributed by atoms with E-state index in [9.17, 15) is 4.79 Å². The normalized spacial score (nSPS) is 15.8. The standard InChI is InChI=1S/C13H17BrN4O/c1-18-6-3-10(4-7-18)8-16-13(19)17-12-2-5-15-9-11(12)14/h2-3,5,9H,4,6-8H2,1H3,(H2,15,16,17,19). The topological polar surface area (TPSA) is 57.3 Å². The molecule has 1 aliphatic rings. The van der Waals surface area contributed by atoms with E-state index < -0.39 is 0 Å². The Kier molecular flexibility index (Phi) is 4.93. The molecule has 0 saturated carbocycles. The van der Waals surface area contributed by atoms with Crippen molar-refractivity contribution in [2.75, 3.05) is 32.0 Å². The lowest BCUT2D eigenvalue weighted by atomic mass is 10.1. The maximum atomic E-state index is 11.8. The molecule has 1 aromatic rings. The summed E-state index contributed by atoms with van der Waals surface area (Å²) in [4.78, 5) is 18.0. The molecule has 2 amide bonds. The molecule has 0 radical (unpaired) electrons. The van der Waals surface area contributed by atoms with Crippen LogP contribution in [-0.4, -0.2) is 42.6 Å². The smallest absolute Gasteiger partial charge is 0.319 e. The number of rotatable bonds is 3. The molecule has 5 nitrogen and oxygen atoms in total. The number of halogens is 1. The Morgan fingerprint density at radius 2 is 2.42 bits per heavy atom. The highest BCUT2D eigenvalue weighted by Crippen LogP contribution is 2.19. The third-order valence-corrected chi connectivity index (χ3v) is 3.63. The lowest BCUT2D eigenvalue weighted by Gasteiger charge is -2.22. The number of hydrogen-bond acceptors (Lipinski definition) is 3. The van der Waals surface area contributed by atoms with Gasteiger partial charge >= 0.3 is 6.03 Å². The zero-order chi connectivity index (χ0) is 13.7. The van der Waals surface area contributed by atoms with Gasteiger partial charge in [0.1, 0.15) is 0 Å². The largest absolute Gasteiger partial charge is 0.334 e. The van der Waals surface area contributed by atoms with E-state index in [0.717, 1.165) is 24.0 Å². The van der Waals surface area contributed by atoms with Gasteiger partial charge in [-0.2, -0.15) is 0 Å². The second-order valence-electron chi connectivity index (χ2n) is 4.54. The van der Waals surface area contributed by atoms with Crippen molar-refractivity contribution in [2.45, 2.75) is 6.42 Å². The zero-order valence-electron chi connectivity index (χ0n) is 10.8. The molecule has 2 rings (SSSR count). The van der Waals surface area contributed by atoms with Crippen LogP contribution in [0.5, 0.6) is 0 Å². The van der Waals surface area contributed by atoms with Crippen molar-refractivity contribution >= 4 is 27.6 Å². The average molecular weight is 325 g/mol. The molecule has 6 heteroatoms. The van der Waals surface area contributed by atoms with Gasteiger partial charge in [0.2, 0.25) is 0 Å². The van der Waals surface area contributed by atoms with Crippen LogP contribution in [0.1, 0.15) is 6.42 Å². The van der Waals surface area contributed by atoms with Gasteiger partial charge < -0.3 is 15.5 Å². The van der Waals surface area contributed by atoms with Crippen LogP contribution in [-0.2, 0) is 0 Å². The summed E-state index contributed by atoms with van der Waals surface area (Å²) in [6, 6.07) is 1.55. The van der Waals surface area contributed by atoms with Crippen LogP contribution < -0.4 is 10.6 Å². The highest BCUT2D eigenvalue weighted by Gasteiger charge is 2.09. The van der Waals surface area contributed by atoms with Gasteiger partial charge in [0.15, 0.2) is 0 Å². The number of aromatic nitrogens is 1. The van der Waals surface area contributed by atoms with Crippen molar-refractivity contribution in [3.8, 4) is 0 Å². The molecule has 0 bridgehead atoms. The molecule has 0 aliphatic carbocycles. The SMILES string of the molecule is CN1CC=C(CNC(=O)Nc2ccncc2Br)CC1. The fourth-order valence-electron chi connectivity index (χ4n) is 1.81. The summed E-state index contributed by atoms with van der Waals surface area (Å²) >= 11 is 3.34. The monoisotopic (exact) mass is 324 g/mol. The Balaban J connectivity index is 1.81. The molecule has 1 aliphatic heterocycles. The minimum absolute atomic E-state index is 0.202. The van der Waals surface area contributed by atoms with Gasteiger partial charge in [0.05, 0.1) is 10.2 Å². The Labute approximate surface area is 121 Å². The number of hydrogen-bond donors (Lipinski definition) is 2. The number of likely N-dealkylation sites (N-methyl/N-ethyl adjacent to an activating group) is 1. The van der Waals surface area contributed by atoms with Crippen molar-refractivity contribution in [3.05, 3.63) is 34.6 Å². The van der Waals surface area contributed by atoms with Gasteiger partial charge in [0.25, 0.3) is 0 Å². The number of pyridine rings is 1. The number of anilines is 1. The number of amides is 2. The summed E-state index contributed by atoms with van der Waals surface area (Å²) in [5.74, 6) is 0. The first-order valence-corrected chi connectivity index (χ1v) is 6.95. The molecule has 0 fully saturated rings. The second-order valence-corrected chi connectivity index (χ2v) is 5.39. The van der Waals surface area contributed by atoms with Crippen LogP contribution in [0.3, 0.4) is 0 Å². The maximum Gasteiger partial charge on any atom is 0.319 e. The van der Waals surface area contributed by atoms with Crippen molar-refractivity contribution in [1.29, 1.82) is 0 Å². The maximum absolute atomic E-state index is 11.8. The van der Waals surface area contributed by atoms with Crippen LogP contribution in [0, 0.1) is 0 Å². The van der Waals surface area contributed by atoms with Crippen LogP contribution in [0.2, 0.25) is 0 Å². The molecule has 2 heterocycles. The van der Waals surface area contributed by atoms with Gasteiger partial charge in [-0.3, -0.25) is 4.98 Å². The van der Waals surface area contributed by atoms with Crippen LogP contribution in [0.4, 0.5) is 10.5 Å². The lowest BCUT2D eigenvalue weighted by Crippen LogP contribution is -2.33. The van der Waals surface area contributed by atoms with Crippen molar-refractivity contribution in [1.82, 2.24) is 15.2 Å². The number of nitrogens with zero attached hydrogens (tertiary/aromatic N) is 2. The Bertz CT molecular complexity index is 489. The quantitative estimate of drug-likeness (QED) is 0.838. The Morgan fingerprint density at radius 3 is 3.11 bits per heavy atom. The van der Waals surface area contributed by atoms with Gasteiger partial charge in [-0.25, -0.2) is 4.79 Å². The third-order valence-electron chi connectivity index (χ3n) is 3.00. The van der Waals surface area contributed by atoms with E-state index in [1.165, 1.54) is 5.57 Å². The highest BCUT2D eigenvalue weighted by molar-refractivity contribution is 9.10. The summed E-state index contributed by atoms with van der Waals surface area (Å²) in [5, 5.41) is 5.65. The predicted octanol–water partition coefficient (Wildman–Crippen LogP) is 2.23. The molecule has 19 heavy (non-hydrogen) atoms. The summed E-state index contributed by atoms with van der Waals surface area (Å²) < 4.78 is 0.767. The molecule has 2 N–H and O–H groups in total. The molecule has 102 valence electrons. The van der Waals surface area contributed by atoms with Crippen LogP contribution >= 0.6 is 15.9 Å². The number of urea groups is 1. The van der Waals surface area contributed by atoms with Gasteiger partial charge in [-0.05, 0) is 35.5 Å². The van der Waals surface area contributed by atoms with E-state index in [0.29, 0.717) is 12.2 Å². The first kappa shape index (κ1) is 14.0. The minimum Gasteiger partial charge on any atom is -0.334 e. The Hall–Kier alpha value is -1.40. The van der Waals surface area contributed by atoms with E-state index >= 15 is 0 Å². The lowest BCUT2D eigenvalue weighted by molar-refractivity contribution is 0.252. The first-order chi connectivity index (χ1) is 9.15. The van der Waals surface area contributed by atoms with Crippen molar-refractivity contribution in [2.24, 2.45) is 0 Å². The van der Waals surface area contributed by atoms with Gasteiger partial charge in [-0.15, -0.1) is 0 Å². The van der Waals surface area contributed by atoms with E-state index in [-0.39, 0.29) is 6.03 Å². The average Bonchev–Trinajstić information content (AvgIpc) is 2.41. The number of carbonyl (C=O) groups is 1. The van der Waals surface area contributed by atoms with Crippen molar-refractivity contribution < 1.29 is 4.79 Å². The summed E-state index contributed by atoms with van der Waals surface area (Å²) in [6.07, 6.45) is 6.47. The molecular formula is C13H17BrN4O. The molecule has 0 unspecified atom stereocenters. The fourth-order valence-corrected chi connectivity index (χ4v) is 2.16. The summed E-state index contributed by atoms with van der Waals surface area (Å²) in [5.41, 5.74) is 1.99. The Morgan fingerprint density at radius 1 is 1.58 bits per heavy atom. The second kappa shape index (κ2) is 6.68. The number of carbonyl (C=O) groups excluding carboxylic acids is 1. The molecule has 0 aromatic carbocycles. The fraction of sp³-hybridized carbons (Fsp3) is 0.385. The minimum atomic E-state index is -0.202. The molecule has 0 spiro atoms. The van der Waals surface area contributed by atoms with Crippen LogP contribution in [0.25, 0.3) is 0 Å². The van der Waals surface area contributed by atoms with Gasteiger partial charge in [0, 0.05) is 32.0 Å². The van der Waals surface area contributed by atoms with Crippen molar-refractivity contribution in [3.63, 3.8) is 0 Å². The first-order valence-electron chi connectivity index (χ1n) is 6.16. The van der Waals surface area contributed by atoms with Crippen LogP contribution in [0.15, 0.2) is 34.6 Å². The van der Waals surface area contributed by atoms with E-state index in [1.807, 2.05) is 0 Å². The molecule has 0 saturated heterocycles. The van der Waals surface area contributed by atoms with E-state index in [4.69, 9.17) is 0 Å². The zero-order valence-corrected chi connectivity index (χ0v) is 12.4. The third kappa shape index (κ3) is 4.33. The predicted molar refractivity (Wildman–Crippen MR) is 79.2 cm³/mol. The summed E-state index contributed by atoms with van der Waals surface area (Å²) in [7, 11) is 2.09. The van der Waals surface area contributed by atoms with E-state index in [1.54, 1.807) is 18.5 Å². The summed E-state index contributed by atoms with van der Waals surface area (Å²) in [6.45, 7) is 2.60. The molecule has 0 atom stereocenters. The van der Waals surface area contributed by atoms with Gasteiger partial charge in [-0.1, -0.05) is 11.6 Å². The van der Waals surface area contributed by atoms with E-state index in [2.05, 4.69) is 49.6 Å². The molecule has 1 aromatic heterocycles. The highest BCUT2D eigenvalue weighted by atomic mass is 79.9. The molecular weight excluding hydrogens is 308 g/mol.